The van der Waals surface area contributed by atoms with Crippen molar-refractivity contribution >= 4 is 69.6 Å². The molecule has 11 rings (SSSR count). The molecule has 8 bridgehead atoms. The van der Waals surface area contributed by atoms with Gasteiger partial charge >= 0.3 is 11.4 Å². The number of carbonyl (C=O) groups is 2. The predicted octanol–water partition coefficient (Wildman–Crippen LogP) is 19.6. The van der Waals surface area contributed by atoms with Gasteiger partial charge in [0.25, 0.3) is 22.9 Å². The number of H-pyrrole nitrogens is 4. The summed E-state index contributed by atoms with van der Waals surface area (Å²) in [5.74, 6) is 0.913. The van der Waals surface area contributed by atoms with Crippen LogP contribution in [0.1, 0.15) is 228 Å². The molecule has 20 heteroatoms. The summed E-state index contributed by atoms with van der Waals surface area (Å²) in [6, 6.07) is 38.0. The van der Waals surface area contributed by atoms with Gasteiger partial charge in [-0.2, -0.15) is 0 Å². The first-order chi connectivity index (χ1) is 52.4. The molecule has 4 atom stereocenters. The first-order valence-corrected chi connectivity index (χ1v) is 39.0. The summed E-state index contributed by atoms with van der Waals surface area (Å²) in [4.78, 5) is 105. The van der Waals surface area contributed by atoms with Crippen molar-refractivity contribution in [3.05, 3.63) is 197 Å². The number of amides is 2. The zero-order valence-electron chi connectivity index (χ0n) is 64.2. The standard InChI is InChI=1S/C88H104N10O10/c1-11-19-23-27-59(15-5)105-63-37-31-55(32-38-63)81-65-41-42-66(89-65)82(56-33-39-64(40-34-56)106-60(16-6)28-24-20-12-2)68-44-46-70(91-68)84(58-36-50-78(108-62(18-8)30-26-22-14-4)74(52-58)94-86(102)76-54-80(100)96-88(104)98(76)10)72-48-47-71(92-72)83(69-45-43-67(81)90-69)57-35-49-77(107-61(17-7)29-25-21-13-3)73(51-57)93-85(101)75-53-79(99)95-87(103)97(75)9/h31-54,59-62,90-91H,11-30H2,1-10H3,(H,93,101)(H,94,102)(H,95,99,103)(H,96,100,104). The van der Waals surface area contributed by atoms with Gasteiger partial charge in [0.2, 0.25) is 0 Å². The summed E-state index contributed by atoms with van der Waals surface area (Å²) in [7, 11) is 2.84. The van der Waals surface area contributed by atoms with E-state index in [1.807, 2.05) is 97.1 Å². The quantitative estimate of drug-likeness (QED) is 0.0200. The molecule has 4 unspecified atom stereocenters. The summed E-state index contributed by atoms with van der Waals surface area (Å²) >= 11 is 0. The Morgan fingerprint density at radius 2 is 0.667 bits per heavy atom. The first-order valence-electron chi connectivity index (χ1n) is 39.0. The van der Waals surface area contributed by atoms with E-state index in [1.165, 1.54) is 14.1 Å². The van der Waals surface area contributed by atoms with Crippen LogP contribution in [0.4, 0.5) is 11.4 Å². The SMILES string of the molecule is CCCCCC(CC)Oc1ccc(-c2c3nc(c(-c4ccc(OC(CC)CCCCC)cc4)c4ccc([nH]4)c(-c4ccc(OC(CC)CCCCC)c(NC(=O)c5cc(=O)[nH]c(=O)n5C)c4)c4nc(c(-c5ccc(OC(CC)CCCCC)c(NC(=O)c6cc(=O)[nH]c(=O)n6C)c5)c5ccc2[nH]5)C=C4)C=C3)cc1. The van der Waals surface area contributed by atoms with E-state index in [1.54, 1.807) is 0 Å². The van der Waals surface area contributed by atoms with Crippen molar-refractivity contribution in [2.24, 2.45) is 14.1 Å². The van der Waals surface area contributed by atoms with E-state index >= 15 is 0 Å². The maximum absolute atomic E-state index is 14.6. The highest BCUT2D eigenvalue weighted by Gasteiger charge is 2.26. The molecule has 9 aromatic rings. The van der Waals surface area contributed by atoms with Crippen molar-refractivity contribution in [2.45, 2.75) is 208 Å². The second-order valence-electron chi connectivity index (χ2n) is 28.2. The van der Waals surface area contributed by atoms with Crippen LogP contribution in [-0.2, 0) is 14.1 Å². The number of ether oxygens (including phenoxy) is 4. The fourth-order valence-corrected chi connectivity index (χ4v) is 14.1. The zero-order valence-corrected chi connectivity index (χ0v) is 64.2. The molecule has 2 aliphatic rings. The summed E-state index contributed by atoms with van der Waals surface area (Å²) in [6.07, 6.45) is 27.0. The molecule has 0 spiro atoms. The Balaban J connectivity index is 1.21. The van der Waals surface area contributed by atoms with Crippen LogP contribution < -0.4 is 52.1 Å². The van der Waals surface area contributed by atoms with Crippen molar-refractivity contribution in [3.63, 3.8) is 0 Å². The smallest absolute Gasteiger partial charge is 0.328 e. The van der Waals surface area contributed by atoms with Crippen molar-refractivity contribution in [1.29, 1.82) is 0 Å². The van der Waals surface area contributed by atoms with Gasteiger partial charge in [-0.1, -0.05) is 143 Å². The fourth-order valence-electron chi connectivity index (χ4n) is 14.1. The fraction of sp³-hybridized carbons (Fsp3) is 0.386. The van der Waals surface area contributed by atoms with Gasteiger partial charge in [-0.3, -0.25) is 38.3 Å². The number of hydrogen-bond donors (Lipinski definition) is 6. The lowest BCUT2D eigenvalue weighted by atomic mass is 10.0. The number of aromatic nitrogens is 8. The van der Waals surface area contributed by atoms with Crippen LogP contribution in [0.15, 0.2) is 141 Å². The third-order valence-electron chi connectivity index (χ3n) is 20.4. The van der Waals surface area contributed by atoms with Crippen LogP contribution in [0.25, 0.3) is 90.9 Å². The average Bonchev–Trinajstić information content (AvgIpc) is 1.59. The number of benzene rings is 4. The Hall–Kier alpha value is -11.0. The normalized spacial score (nSPS) is 12.9. The minimum atomic E-state index is -0.746. The molecule has 0 saturated heterocycles. The van der Waals surface area contributed by atoms with Crippen molar-refractivity contribution < 1.29 is 28.5 Å². The Morgan fingerprint density at radius 3 is 0.972 bits per heavy atom. The van der Waals surface area contributed by atoms with E-state index in [-0.39, 0.29) is 47.2 Å². The van der Waals surface area contributed by atoms with Crippen LogP contribution >= 0.6 is 0 Å². The number of hydrogen-bond acceptors (Lipinski definition) is 12. The Kier molecular flexibility index (Phi) is 26.7. The molecular formula is C88H104N10O10. The lowest BCUT2D eigenvalue weighted by molar-refractivity contribution is 0.100. The number of aromatic amines is 4. The number of rotatable bonds is 36. The highest BCUT2D eigenvalue weighted by atomic mass is 16.5. The summed E-state index contributed by atoms with van der Waals surface area (Å²) in [5.41, 5.74) is 8.39. The van der Waals surface area contributed by atoms with E-state index in [2.05, 4.69) is 122 Å². The van der Waals surface area contributed by atoms with E-state index in [9.17, 15) is 28.8 Å². The third-order valence-corrected chi connectivity index (χ3v) is 20.4. The molecule has 0 fully saturated rings. The van der Waals surface area contributed by atoms with Crippen LogP contribution in [0, 0.1) is 0 Å². The molecule has 2 aliphatic heterocycles. The van der Waals surface area contributed by atoms with Gasteiger partial charge in [0, 0.05) is 70.5 Å². The monoisotopic (exact) mass is 1460 g/mol. The molecule has 0 radical (unpaired) electrons. The van der Waals surface area contributed by atoms with Crippen LogP contribution in [0.3, 0.4) is 0 Å². The number of fused-ring (bicyclic) bond motifs is 8. The van der Waals surface area contributed by atoms with Gasteiger partial charge in [-0.15, -0.1) is 0 Å². The molecule has 4 aromatic carbocycles. The molecule has 566 valence electrons. The Labute approximate surface area is 631 Å². The highest BCUT2D eigenvalue weighted by molar-refractivity contribution is 6.07. The third kappa shape index (κ3) is 18.8. The second-order valence-corrected chi connectivity index (χ2v) is 28.2. The molecule has 5 aromatic heterocycles. The van der Waals surface area contributed by atoms with Gasteiger partial charge in [0.1, 0.15) is 34.4 Å². The van der Waals surface area contributed by atoms with Gasteiger partial charge < -0.3 is 39.5 Å². The highest BCUT2D eigenvalue weighted by Crippen LogP contribution is 2.43. The predicted molar refractivity (Wildman–Crippen MR) is 437 cm³/mol. The molecule has 0 saturated carbocycles. The molecule has 6 N–H and O–H groups in total. The zero-order chi connectivity index (χ0) is 76.4. The molecule has 108 heavy (non-hydrogen) atoms. The molecule has 2 amide bonds. The Bertz CT molecular complexity index is 4840. The van der Waals surface area contributed by atoms with Crippen LogP contribution in [-0.4, -0.2) is 75.3 Å². The van der Waals surface area contributed by atoms with Gasteiger partial charge in [0.15, 0.2) is 0 Å². The summed E-state index contributed by atoms with van der Waals surface area (Å²) < 4.78 is 29.2. The van der Waals surface area contributed by atoms with Gasteiger partial charge in [0.05, 0.1) is 58.6 Å². The number of nitrogens with one attached hydrogen (secondary N) is 6. The lowest BCUT2D eigenvalue weighted by Gasteiger charge is -2.21. The second kappa shape index (κ2) is 37.0. The summed E-state index contributed by atoms with van der Waals surface area (Å²) in [5, 5.41) is 6.12. The van der Waals surface area contributed by atoms with Gasteiger partial charge in [-0.25, -0.2) is 19.6 Å². The van der Waals surface area contributed by atoms with E-state index in [0.29, 0.717) is 80.4 Å². The number of anilines is 2. The van der Waals surface area contributed by atoms with Gasteiger partial charge in [-0.05, 0) is 196 Å². The van der Waals surface area contributed by atoms with Crippen molar-refractivity contribution in [1.82, 2.24) is 39.0 Å². The summed E-state index contributed by atoms with van der Waals surface area (Å²) in [6.45, 7) is 17.2. The maximum atomic E-state index is 14.6. The molecule has 20 nitrogen and oxygen atoms in total. The van der Waals surface area contributed by atoms with E-state index in [0.717, 1.165) is 182 Å². The molecular weight excluding hydrogens is 1360 g/mol. The van der Waals surface area contributed by atoms with Crippen molar-refractivity contribution in [3.8, 4) is 67.5 Å². The lowest BCUT2D eigenvalue weighted by Crippen LogP contribution is -2.33. The van der Waals surface area contributed by atoms with E-state index < -0.39 is 34.3 Å². The Morgan fingerprint density at radius 1 is 0.370 bits per heavy atom. The largest absolute Gasteiger partial charge is 0.490 e. The topological polar surface area (TPSA) is 262 Å². The molecule has 7 heterocycles. The minimum absolute atomic E-state index is 0.0687. The minimum Gasteiger partial charge on any atom is -0.490 e. The van der Waals surface area contributed by atoms with Crippen LogP contribution in [0.5, 0.6) is 23.0 Å². The number of unbranched alkanes of at least 4 members (excludes halogenated alkanes) is 8. The molecule has 0 aliphatic carbocycles. The maximum Gasteiger partial charge on any atom is 0.328 e. The number of nitrogens with zero attached hydrogens (tertiary/aromatic N) is 4. The van der Waals surface area contributed by atoms with E-state index in [4.69, 9.17) is 28.9 Å². The average molecular weight is 1460 g/mol. The first kappa shape index (κ1) is 78.1. The van der Waals surface area contributed by atoms with Crippen LogP contribution in [0.2, 0.25) is 0 Å². The van der Waals surface area contributed by atoms with Crippen molar-refractivity contribution in [2.75, 3.05) is 10.6 Å². The number of carbonyl (C=O) groups excluding carboxylic acids is 2.